The lowest BCUT2D eigenvalue weighted by molar-refractivity contribution is 0.0698. The number of nitrogens with two attached hydrogens (primary N) is 1. The third kappa shape index (κ3) is 3.08. The zero-order chi connectivity index (χ0) is 14.7. The van der Waals surface area contributed by atoms with Gasteiger partial charge in [0, 0.05) is 10.7 Å². The Hall–Kier alpha value is -2.08. The van der Waals surface area contributed by atoms with Crippen LogP contribution in [0.5, 0.6) is 0 Å². The number of rotatable bonds is 4. The summed E-state index contributed by atoms with van der Waals surface area (Å²) in [6.07, 6.45) is 1.43. The zero-order valence-electron chi connectivity index (χ0n) is 10.8. The molecule has 0 aliphatic carbocycles. The Morgan fingerprint density at radius 3 is 2.85 bits per heavy atom. The fraction of sp³-hybridized carbons (Fsp3) is 0.143. The van der Waals surface area contributed by atoms with Crippen molar-refractivity contribution in [1.29, 1.82) is 0 Å². The van der Waals surface area contributed by atoms with Crippen LogP contribution in [0.4, 0.5) is 11.5 Å². The number of nitrogens with one attached hydrogen (secondary N) is 1. The number of hydrogen-bond acceptors (Lipinski definition) is 4. The molecule has 20 heavy (non-hydrogen) atoms. The summed E-state index contributed by atoms with van der Waals surface area (Å²) in [5, 5.41) is 12.2. The highest BCUT2D eigenvalue weighted by Crippen LogP contribution is 2.26. The first kappa shape index (κ1) is 14.3. The smallest absolute Gasteiger partial charge is 0.337 e. The first-order valence-corrected chi connectivity index (χ1v) is 6.78. The molecule has 1 aromatic carbocycles. The molecule has 0 amide bonds. The van der Waals surface area contributed by atoms with Crippen molar-refractivity contribution in [3.63, 3.8) is 0 Å². The monoisotopic (exact) mass is 335 g/mol. The van der Waals surface area contributed by atoms with Gasteiger partial charge < -0.3 is 16.2 Å². The minimum Gasteiger partial charge on any atom is -0.478 e. The number of nitrogen functional groups attached to an aromatic ring is 1. The van der Waals surface area contributed by atoms with Crippen LogP contribution in [0.1, 0.15) is 28.9 Å². The quantitative estimate of drug-likeness (QED) is 0.797. The summed E-state index contributed by atoms with van der Waals surface area (Å²) >= 11 is 3.42. The van der Waals surface area contributed by atoms with Crippen molar-refractivity contribution >= 4 is 33.4 Å². The highest BCUT2D eigenvalue weighted by Gasteiger charge is 2.14. The standard InChI is InChI=1S/C14H14BrN3O2/c1-8(9-3-2-4-10(15)7-9)18-13-12(16)11(14(19)20)5-6-17-13/h2-8H,16H2,1H3,(H,17,18)(H,19,20). The third-order valence-corrected chi connectivity index (χ3v) is 3.42. The molecule has 0 aliphatic rings. The van der Waals surface area contributed by atoms with Gasteiger partial charge >= 0.3 is 5.97 Å². The van der Waals surface area contributed by atoms with Crippen molar-refractivity contribution in [2.75, 3.05) is 11.1 Å². The predicted octanol–water partition coefficient (Wildman–Crippen LogP) is 3.30. The molecule has 0 spiro atoms. The molecular formula is C14H14BrN3O2. The number of halogens is 1. The number of hydrogen-bond donors (Lipinski definition) is 3. The summed E-state index contributed by atoms with van der Waals surface area (Å²) in [6, 6.07) is 9.16. The van der Waals surface area contributed by atoms with Gasteiger partial charge in [-0.25, -0.2) is 9.78 Å². The minimum absolute atomic E-state index is 0.0453. The number of aromatic nitrogens is 1. The van der Waals surface area contributed by atoms with Crippen molar-refractivity contribution in [1.82, 2.24) is 4.98 Å². The third-order valence-electron chi connectivity index (χ3n) is 2.92. The van der Waals surface area contributed by atoms with E-state index in [9.17, 15) is 4.79 Å². The molecular weight excluding hydrogens is 322 g/mol. The molecule has 0 bridgehead atoms. The van der Waals surface area contributed by atoms with Gasteiger partial charge in [0.05, 0.1) is 17.3 Å². The number of aromatic carboxylic acids is 1. The second-order valence-electron chi connectivity index (χ2n) is 4.35. The topological polar surface area (TPSA) is 88.2 Å². The molecule has 1 unspecified atom stereocenters. The predicted molar refractivity (Wildman–Crippen MR) is 81.8 cm³/mol. The Morgan fingerprint density at radius 1 is 1.45 bits per heavy atom. The van der Waals surface area contributed by atoms with Crippen LogP contribution in [0.3, 0.4) is 0 Å². The van der Waals surface area contributed by atoms with Crippen molar-refractivity contribution in [3.8, 4) is 0 Å². The maximum Gasteiger partial charge on any atom is 0.337 e. The second-order valence-corrected chi connectivity index (χ2v) is 5.26. The van der Waals surface area contributed by atoms with Gasteiger partial charge in [-0.15, -0.1) is 0 Å². The number of carbonyl (C=O) groups is 1. The highest BCUT2D eigenvalue weighted by atomic mass is 79.9. The molecule has 104 valence electrons. The average Bonchev–Trinajstić information content (AvgIpc) is 2.40. The normalized spacial score (nSPS) is 11.9. The molecule has 0 fully saturated rings. The van der Waals surface area contributed by atoms with Crippen LogP contribution in [-0.4, -0.2) is 16.1 Å². The number of carboxylic acids is 1. The summed E-state index contributed by atoms with van der Waals surface area (Å²) in [6.45, 7) is 1.95. The molecule has 6 heteroatoms. The van der Waals surface area contributed by atoms with E-state index in [1.165, 1.54) is 12.3 Å². The number of benzene rings is 1. The minimum atomic E-state index is -1.07. The van der Waals surface area contributed by atoms with Gasteiger partial charge in [-0.2, -0.15) is 0 Å². The molecule has 0 saturated carbocycles. The van der Waals surface area contributed by atoms with E-state index in [-0.39, 0.29) is 17.3 Å². The van der Waals surface area contributed by atoms with Gasteiger partial charge in [0.25, 0.3) is 0 Å². The fourth-order valence-corrected chi connectivity index (χ4v) is 2.26. The van der Waals surface area contributed by atoms with Crippen molar-refractivity contribution in [2.24, 2.45) is 0 Å². The molecule has 1 heterocycles. The van der Waals surface area contributed by atoms with E-state index in [2.05, 4.69) is 26.2 Å². The van der Waals surface area contributed by atoms with Gasteiger partial charge in [0.15, 0.2) is 5.82 Å². The maximum absolute atomic E-state index is 11.0. The molecule has 4 N–H and O–H groups in total. The lowest BCUT2D eigenvalue weighted by atomic mass is 10.1. The van der Waals surface area contributed by atoms with E-state index < -0.39 is 5.97 Å². The Kier molecular flexibility index (Phi) is 4.24. The zero-order valence-corrected chi connectivity index (χ0v) is 12.4. The van der Waals surface area contributed by atoms with E-state index in [1.807, 2.05) is 31.2 Å². The van der Waals surface area contributed by atoms with Gasteiger partial charge in [-0.1, -0.05) is 28.1 Å². The fourth-order valence-electron chi connectivity index (χ4n) is 1.84. The molecule has 0 radical (unpaired) electrons. The molecule has 0 aliphatic heterocycles. The lowest BCUT2D eigenvalue weighted by Crippen LogP contribution is -2.12. The summed E-state index contributed by atoms with van der Waals surface area (Å²) < 4.78 is 0.976. The Bertz CT molecular complexity index is 646. The second kappa shape index (κ2) is 5.92. The van der Waals surface area contributed by atoms with Crippen LogP contribution in [0, 0.1) is 0 Å². The summed E-state index contributed by atoms with van der Waals surface area (Å²) in [5.41, 5.74) is 7.05. The first-order chi connectivity index (χ1) is 9.49. The van der Waals surface area contributed by atoms with Gasteiger partial charge in [0.2, 0.25) is 0 Å². The van der Waals surface area contributed by atoms with Crippen molar-refractivity contribution < 1.29 is 9.90 Å². The SMILES string of the molecule is CC(Nc1nccc(C(=O)O)c1N)c1cccc(Br)c1. The van der Waals surface area contributed by atoms with E-state index in [0.717, 1.165) is 10.0 Å². The number of pyridine rings is 1. The molecule has 2 aromatic rings. The Labute approximate surface area is 125 Å². The highest BCUT2D eigenvalue weighted by molar-refractivity contribution is 9.10. The number of nitrogens with zero attached hydrogens (tertiary/aromatic N) is 1. The molecule has 5 nitrogen and oxygen atoms in total. The average molecular weight is 336 g/mol. The van der Waals surface area contributed by atoms with Crippen LogP contribution < -0.4 is 11.1 Å². The molecule has 0 saturated heterocycles. The van der Waals surface area contributed by atoms with Crippen LogP contribution >= 0.6 is 15.9 Å². The van der Waals surface area contributed by atoms with E-state index in [1.54, 1.807) is 0 Å². The van der Waals surface area contributed by atoms with Crippen LogP contribution in [0.25, 0.3) is 0 Å². The molecule has 1 aromatic heterocycles. The van der Waals surface area contributed by atoms with Gasteiger partial charge in [-0.3, -0.25) is 0 Å². The summed E-state index contributed by atoms with van der Waals surface area (Å²) in [4.78, 5) is 15.1. The Morgan fingerprint density at radius 2 is 2.20 bits per heavy atom. The van der Waals surface area contributed by atoms with Crippen molar-refractivity contribution in [2.45, 2.75) is 13.0 Å². The number of carboxylic acid groups (broad SMARTS) is 1. The van der Waals surface area contributed by atoms with Crippen LogP contribution in [0.15, 0.2) is 41.0 Å². The van der Waals surface area contributed by atoms with Gasteiger partial charge in [0.1, 0.15) is 0 Å². The summed E-state index contributed by atoms with van der Waals surface area (Å²) in [7, 11) is 0. The summed E-state index contributed by atoms with van der Waals surface area (Å²) in [5.74, 6) is -0.694. The van der Waals surface area contributed by atoms with Crippen LogP contribution in [0.2, 0.25) is 0 Å². The van der Waals surface area contributed by atoms with Crippen LogP contribution in [-0.2, 0) is 0 Å². The van der Waals surface area contributed by atoms with Crippen molar-refractivity contribution in [3.05, 3.63) is 52.1 Å². The van der Waals surface area contributed by atoms with E-state index in [0.29, 0.717) is 5.82 Å². The molecule has 1 atom stereocenters. The van der Waals surface area contributed by atoms with E-state index in [4.69, 9.17) is 10.8 Å². The molecule has 2 rings (SSSR count). The van der Waals surface area contributed by atoms with E-state index >= 15 is 0 Å². The maximum atomic E-state index is 11.0. The van der Waals surface area contributed by atoms with Gasteiger partial charge in [-0.05, 0) is 30.7 Å². The number of anilines is 2. The lowest BCUT2D eigenvalue weighted by Gasteiger charge is -2.17. The Balaban J connectivity index is 2.26. The largest absolute Gasteiger partial charge is 0.478 e. The first-order valence-electron chi connectivity index (χ1n) is 5.99.